The molecule has 4 nitrogen and oxygen atoms in total. The largest absolute Gasteiger partial charge is 0.491 e. The van der Waals surface area contributed by atoms with Gasteiger partial charge in [0.15, 0.2) is 0 Å². The van der Waals surface area contributed by atoms with Crippen LogP contribution in [0.25, 0.3) is 0 Å². The molecule has 3 rings (SSSR count). The number of rotatable bonds is 6. The fourth-order valence-electron chi connectivity index (χ4n) is 3.76. The summed E-state index contributed by atoms with van der Waals surface area (Å²) in [4.78, 5) is 12.9. The van der Waals surface area contributed by atoms with E-state index in [2.05, 4.69) is 43.5 Å². The van der Waals surface area contributed by atoms with Gasteiger partial charge >= 0.3 is 0 Å². The number of ether oxygens (including phenoxy) is 1. The second-order valence-electron chi connectivity index (χ2n) is 7.58. The summed E-state index contributed by atoms with van der Waals surface area (Å²) in [5.74, 6) is 1.10. The monoisotopic (exact) mass is 402 g/mol. The van der Waals surface area contributed by atoms with E-state index >= 15 is 0 Å². The summed E-state index contributed by atoms with van der Waals surface area (Å²) >= 11 is 0. The van der Waals surface area contributed by atoms with E-state index in [0.717, 1.165) is 41.8 Å². The number of nitrogens with one attached hydrogen (secondary N) is 2. The maximum absolute atomic E-state index is 12.9. The topological polar surface area (TPSA) is 50.4 Å². The molecule has 2 aromatic rings. The summed E-state index contributed by atoms with van der Waals surface area (Å²) in [6.07, 6.45) is 1.76. The smallest absolute Gasteiger partial charge is 0.223 e. The number of para-hydroxylation sites is 1. The third-order valence-electron chi connectivity index (χ3n) is 5.32. The van der Waals surface area contributed by atoms with Crippen molar-refractivity contribution in [2.45, 2.75) is 45.7 Å². The Bertz CT molecular complexity index is 746. The molecule has 1 unspecified atom stereocenters. The second-order valence-corrected chi connectivity index (χ2v) is 7.58. The van der Waals surface area contributed by atoms with E-state index in [9.17, 15) is 4.79 Å². The number of hydrogen-bond donors (Lipinski definition) is 2. The van der Waals surface area contributed by atoms with Gasteiger partial charge in [-0.2, -0.15) is 0 Å². The van der Waals surface area contributed by atoms with Crippen LogP contribution in [0.3, 0.4) is 0 Å². The number of amides is 1. The molecule has 28 heavy (non-hydrogen) atoms. The Kier molecular flexibility index (Phi) is 8.34. The van der Waals surface area contributed by atoms with Gasteiger partial charge in [-0.15, -0.1) is 12.4 Å². The van der Waals surface area contributed by atoms with E-state index in [-0.39, 0.29) is 30.3 Å². The second kappa shape index (κ2) is 10.5. The van der Waals surface area contributed by atoms with E-state index < -0.39 is 0 Å². The molecule has 1 heterocycles. The van der Waals surface area contributed by atoms with Gasteiger partial charge < -0.3 is 15.4 Å². The van der Waals surface area contributed by atoms with Gasteiger partial charge in [0, 0.05) is 12.0 Å². The Labute approximate surface area is 174 Å². The van der Waals surface area contributed by atoms with Crippen LogP contribution in [0.15, 0.2) is 48.5 Å². The molecule has 0 bridgehead atoms. The molecule has 0 aromatic heterocycles. The number of benzene rings is 2. The molecule has 5 heteroatoms. The first-order valence-corrected chi connectivity index (χ1v) is 9.82. The van der Waals surface area contributed by atoms with Gasteiger partial charge in [0.1, 0.15) is 12.4 Å². The third kappa shape index (κ3) is 5.73. The van der Waals surface area contributed by atoms with Gasteiger partial charge in [-0.3, -0.25) is 4.79 Å². The minimum atomic E-state index is -0.164. The lowest BCUT2D eigenvalue weighted by molar-refractivity contribution is -0.127. The average Bonchev–Trinajstić information content (AvgIpc) is 2.67. The van der Waals surface area contributed by atoms with Crippen molar-refractivity contribution >= 4 is 18.3 Å². The van der Waals surface area contributed by atoms with E-state index in [0.29, 0.717) is 12.6 Å². The summed E-state index contributed by atoms with van der Waals surface area (Å²) < 4.78 is 6.17. The fraction of sp³-hybridized carbons (Fsp3) is 0.435. The van der Waals surface area contributed by atoms with Gasteiger partial charge in [0.05, 0.1) is 6.04 Å². The van der Waals surface area contributed by atoms with E-state index in [4.69, 9.17) is 4.74 Å². The molecule has 0 radical (unpaired) electrons. The van der Waals surface area contributed by atoms with Crippen LogP contribution in [0, 0.1) is 19.8 Å². The van der Waals surface area contributed by atoms with Crippen molar-refractivity contribution in [1.29, 1.82) is 0 Å². The predicted molar refractivity (Wildman–Crippen MR) is 116 cm³/mol. The Morgan fingerprint density at radius 1 is 1.14 bits per heavy atom. The minimum absolute atomic E-state index is 0. The van der Waals surface area contributed by atoms with Gasteiger partial charge in [-0.05, 0) is 56.8 Å². The number of piperidine rings is 1. The number of halogens is 1. The van der Waals surface area contributed by atoms with Gasteiger partial charge in [-0.25, -0.2) is 0 Å². The van der Waals surface area contributed by atoms with Crippen LogP contribution < -0.4 is 15.4 Å². The number of carbonyl (C=O) groups is 1. The summed E-state index contributed by atoms with van der Waals surface area (Å²) in [6, 6.07) is 16.4. The highest BCUT2D eigenvalue weighted by Gasteiger charge is 2.27. The van der Waals surface area contributed by atoms with Crippen molar-refractivity contribution in [1.82, 2.24) is 10.6 Å². The van der Waals surface area contributed by atoms with Crippen molar-refractivity contribution in [2.24, 2.45) is 5.92 Å². The molecule has 3 atom stereocenters. The van der Waals surface area contributed by atoms with Crippen molar-refractivity contribution in [3.05, 3.63) is 65.2 Å². The maximum atomic E-state index is 12.9. The molecule has 1 aliphatic heterocycles. The van der Waals surface area contributed by atoms with Crippen LogP contribution in [0.1, 0.15) is 42.5 Å². The average molecular weight is 403 g/mol. The molecular weight excluding hydrogens is 372 g/mol. The summed E-state index contributed by atoms with van der Waals surface area (Å²) in [6.45, 7) is 7.55. The Hall–Kier alpha value is -2.04. The first-order valence-electron chi connectivity index (χ1n) is 9.82. The van der Waals surface area contributed by atoms with Crippen LogP contribution >= 0.6 is 12.4 Å². The Balaban J connectivity index is 0.00000280. The zero-order chi connectivity index (χ0) is 19.2. The lowest BCUT2D eigenvalue weighted by atomic mass is 9.92. The zero-order valence-corrected chi connectivity index (χ0v) is 17.7. The highest BCUT2D eigenvalue weighted by molar-refractivity contribution is 5.85. The third-order valence-corrected chi connectivity index (χ3v) is 5.32. The lowest BCUT2D eigenvalue weighted by Crippen LogP contribution is -2.44. The van der Waals surface area contributed by atoms with Crippen molar-refractivity contribution < 1.29 is 9.53 Å². The van der Waals surface area contributed by atoms with Crippen LogP contribution in [0.5, 0.6) is 5.75 Å². The molecule has 1 amide bonds. The quantitative estimate of drug-likeness (QED) is 0.755. The summed E-state index contributed by atoms with van der Waals surface area (Å²) in [7, 11) is 0. The van der Waals surface area contributed by atoms with Crippen molar-refractivity contribution in [3.8, 4) is 5.75 Å². The fourth-order valence-corrected chi connectivity index (χ4v) is 3.76. The molecule has 1 saturated heterocycles. The Morgan fingerprint density at radius 3 is 2.46 bits per heavy atom. The van der Waals surface area contributed by atoms with Crippen LogP contribution in [-0.4, -0.2) is 25.1 Å². The lowest BCUT2D eigenvalue weighted by Gasteiger charge is -2.29. The predicted octanol–water partition coefficient (Wildman–Crippen LogP) is 4.35. The first kappa shape index (κ1) is 22.3. The first-order chi connectivity index (χ1) is 13.0. The number of carbonyl (C=O) groups excluding carboxylic acids is 1. The van der Waals surface area contributed by atoms with E-state index in [1.807, 2.05) is 36.4 Å². The molecular formula is C23H31ClN2O2. The standard InChI is InChI=1S/C23H30N2O2.ClH/c1-16-8-7-9-17(2)22(16)27-15-21(19-10-5-4-6-11-19)25-23(26)20-12-13-24-18(3)14-20;/h4-11,18,20-21,24H,12-15H2,1-3H3,(H,25,26);1H/t18-,20-,21?;/m0./s1. The number of hydrogen-bond acceptors (Lipinski definition) is 3. The summed E-state index contributed by atoms with van der Waals surface area (Å²) in [5.41, 5.74) is 3.29. The van der Waals surface area contributed by atoms with Gasteiger partial charge in [-0.1, -0.05) is 48.5 Å². The van der Waals surface area contributed by atoms with Crippen molar-refractivity contribution in [3.63, 3.8) is 0 Å². The Morgan fingerprint density at radius 2 is 1.82 bits per heavy atom. The van der Waals surface area contributed by atoms with Crippen LogP contribution in [0.2, 0.25) is 0 Å². The van der Waals surface area contributed by atoms with Crippen LogP contribution in [-0.2, 0) is 4.79 Å². The van der Waals surface area contributed by atoms with Crippen LogP contribution in [0.4, 0.5) is 0 Å². The maximum Gasteiger partial charge on any atom is 0.223 e. The van der Waals surface area contributed by atoms with E-state index in [1.165, 1.54) is 0 Å². The summed E-state index contributed by atoms with van der Waals surface area (Å²) in [5, 5.41) is 6.65. The molecule has 1 fully saturated rings. The van der Waals surface area contributed by atoms with Gasteiger partial charge in [0.2, 0.25) is 5.91 Å². The minimum Gasteiger partial charge on any atom is -0.491 e. The highest BCUT2D eigenvalue weighted by atomic mass is 35.5. The zero-order valence-electron chi connectivity index (χ0n) is 16.9. The molecule has 2 N–H and O–H groups in total. The van der Waals surface area contributed by atoms with E-state index in [1.54, 1.807) is 0 Å². The SMILES string of the molecule is Cc1cccc(C)c1OCC(NC(=O)[C@H]1CCN[C@@H](C)C1)c1ccccc1.Cl. The van der Waals surface area contributed by atoms with Gasteiger partial charge in [0.25, 0.3) is 0 Å². The molecule has 1 aliphatic rings. The molecule has 0 aliphatic carbocycles. The molecule has 0 saturated carbocycles. The normalized spacial score (nSPS) is 20.0. The molecule has 152 valence electrons. The molecule has 0 spiro atoms. The molecule has 2 aromatic carbocycles. The highest BCUT2D eigenvalue weighted by Crippen LogP contribution is 2.25. The number of aryl methyl sites for hydroxylation is 2. The van der Waals surface area contributed by atoms with Crippen molar-refractivity contribution in [2.75, 3.05) is 13.2 Å².